The third-order valence-electron chi connectivity index (χ3n) is 6.72. The van der Waals surface area contributed by atoms with E-state index in [1.807, 2.05) is 17.9 Å². The Labute approximate surface area is 189 Å². The summed E-state index contributed by atoms with van der Waals surface area (Å²) in [5, 5.41) is 4.12. The van der Waals surface area contributed by atoms with Crippen molar-refractivity contribution >= 4 is 28.3 Å². The van der Waals surface area contributed by atoms with Crippen LogP contribution in [0, 0.1) is 6.92 Å². The van der Waals surface area contributed by atoms with Crippen LogP contribution >= 0.6 is 0 Å². The molecule has 5 rings (SSSR count). The van der Waals surface area contributed by atoms with E-state index in [2.05, 4.69) is 70.6 Å². The van der Waals surface area contributed by atoms with E-state index in [4.69, 9.17) is 4.98 Å². The van der Waals surface area contributed by atoms with Gasteiger partial charge in [-0.05, 0) is 62.2 Å². The molecule has 0 bridgehead atoms. The molecule has 166 valence electrons. The molecule has 0 saturated carbocycles. The molecule has 2 aliphatic rings. The molecule has 0 radical (unpaired) electrons. The van der Waals surface area contributed by atoms with E-state index in [1.54, 1.807) is 0 Å². The summed E-state index contributed by atoms with van der Waals surface area (Å²) < 4.78 is 0. The maximum atomic E-state index is 12.0. The Morgan fingerprint density at radius 1 is 1.06 bits per heavy atom. The summed E-state index contributed by atoms with van der Waals surface area (Å²) in [7, 11) is 0. The number of hydrogen-bond donors (Lipinski definition) is 1. The summed E-state index contributed by atoms with van der Waals surface area (Å²) in [5.74, 6) is 0. The number of aromatic nitrogens is 1. The quantitative estimate of drug-likeness (QED) is 0.670. The average molecular weight is 430 g/mol. The molecule has 3 aromatic rings. The van der Waals surface area contributed by atoms with Crippen molar-refractivity contribution in [3.63, 3.8) is 0 Å². The lowest BCUT2D eigenvalue weighted by Crippen LogP contribution is -2.52. The predicted molar refractivity (Wildman–Crippen MR) is 131 cm³/mol. The monoisotopic (exact) mass is 429 g/mol. The third-order valence-corrected chi connectivity index (χ3v) is 6.72. The minimum absolute atomic E-state index is 0.00527. The number of nitrogens with one attached hydrogen (secondary N) is 1. The first-order chi connectivity index (χ1) is 15.6. The largest absolute Gasteiger partial charge is 0.368 e. The SMILES string of the molecule is Cc1ccc2c(N3CCN(CCc4cccc(N5CCNC5=O)c4)[C@@H](C)C3)cccc2n1. The number of nitrogens with zero attached hydrogens (tertiary/aromatic N) is 4. The standard InChI is InChI=1S/C26H31N5O/c1-19-9-10-23-24(28-19)7-4-8-25(23)30-16-15-29(20(2)18-30)13-11-21-5-3-6-22(17-21)31-14-12-27-26(31)32/h3-10,17,20H,11-16,18H2,1-2H3,(H,27,32)/t20-/m0/s1. The van der Waals surface area contributed by atoms with Crippen LogP contribution in [0.25, 0.3) is 10.9 Å². The van der Waals surface area contributed by atoms with Gasteiger partial charge in [0.2, 0.25) is 0 Å². The zero-order chi connectivity index (χ0) is 22.1. The van der Waals surface area contributed by atoms with Crippen molar-refractivity contribution in [1.82, 2.24) is 15.2 Å². The number of aryl methyl sites for hydroxylation is 1. The number of fused-ring (bicyclic) bond motifs is 1. The molecule has 2 amide bonds. The number of anilines is 2. The normalized spacial score (nSPS) is 19.6. The minimum Gasteiger partial charge on any atom is -0.368 e. The van der Waals surface area contributed by atoms with E-state index in [0.29, 0.717) is 6.04 Å². The molecule has 6 nitrogen and oxygen atoms in total. The number of benzene rings is 2. The average Bonchev–Trinajstić information content (AvgIpc) is 3.23. The van der Waals surface area contributed by atoms with Crippen LogP contribution in [0.1, 0.15) is 18.2 Å². The van der Waals surface area contributed by atoms with Gasteiger partial charge in [0.05, 0.1) is 5.52 Å². The second kappa shape index (κ2) is 8.79. The smallest absolute Gasteiger partial charge is 0.321 e. The zero-order valence-corrected chi connectivity index (χ0v) is 18.9. The van der Waals surface area contributed by atoms with E-state index < -0.39 is 0 Å². The van der Waals surface area contributed by atoms with E-state index >= 15 is 0 Å². The highest BCUT2D eigenvalue weighted by Crippen LogP contribution is 2.28. The second-order valence-electron chi connectivity index (χ2n) is 8.93. The van der Waals surface area contributed by atoms with Gasteiger partial charge in [-0.2, -0.15) is 0 Å². The molecule has 1 N–H and O–H groups in total. The van der Waals surface area contributed by atoms with Crippen molar-refractivity contribution in [2.45, 2.75) is 26.3 Å². The van der Waals surface area contributed by atoms with Crippen molar-refractivity contribution in [1.29, 1.82) is 0 Å². The maximum absolute atomic E-state index is 12.0. The first-order valence-corrected chi connectivity index (χ1v) is 11.6. The molecule has 0 unspecified atom stereocenters. The van der Waals surface area contributed by atoms with Gasteiger partial charge in [-0.25, -0.2) is 4.79 Å². The van der Waals surface area contributed by atoms with Crippen molar-refractivity contribution in [3.8, 4) is 0 Å². The minimum atomic E-state index is 0.00527. The molecular weight excluding hydrogens is 398 g/mol. The molecule has 0 spiro atoms. The van der Waals surface area contributed by atoms with Gasteiger partial charge in [0.1, 0.15) is 0 Å². The topological polar surface area (TPSA) is 51.7 Å². The summed E-state index contributed by atoms with van der Waals surface area (Å²) in [6, 6.07) is 19.7. The molecular formula is C26H31N5O. The van der Waals surface area contributed by atoms with E-state index in [0.717, 1.165) is 62.6 Å². The van der Waals surface area contributed by atoms with Gasteiger partial charge < -0.3 is 10.2 Å². The Balaban J connectivity index is 1.23. The molecule has 2 aromatic carbocycles. The third kappa shape index (κ3) is 4.15. The fourth-order valence-corrected chi connectivity index (χ4v) is 4.93. The Hall–Kier alpha value is -3.12. The summed E-state index contributed by atoms with van der Waals surface area (Å²) in [4.78, 5) is 23.6. The molecule has 0 aliphatic carbocycles. The Morgan fingerprint density at radius 3 is 2.75 bits per heavy atom. The van der Waals surface area contributed by atoms with Crippen molar-refractivity contribution in [2.75, 3.05) is 49.1 Å². The number of urea groups is 1. The Morgan fingerprint density at radius 2 is 1.94 bits per heavy atom. The highest BCUT2D eigenvalue weighted by molar-refractivity contribution is 5.94. The number of piperazine rings is 1. The summed E-state index contributed by atoms with van der Waals surface area (Å²) in [6.45, 7) is 9.94. The first kappa shape index (κ1) is 20.8. The molecule has 2 fully saturated rings. The number of carbonyl (C=O) groups is 1. The van der Waals surface area contributed by atoms with Crippen LogP contribution in [0.3, 0.4) is 0 Å². The fourth-order valence-electron chi connectivity index (χ4n) is 4.93. The number of amides is 2. The molecule has 2 aliphatic heterocycles. The molecule has 2 saturated heterocycles. The van der Waals surface area contributed by atoms with Gasteiger partial charge in [0.25, 0.3) is 0 Å². The molecule has 6 heteroatoms. The second-order valence-corrected chi connectivity index (χ2v) is 8.93. The lowest BCUT2D eigenvalue weighted by atomic mass is 10.1. The first-order valence-electron chi connectivity index (χ1n) is 11.6. The van der Waals surface area contributed by atoms with Crippen LogP contribution in [0.2, 0.25) is 0 Å². The Bertz CT molecular complexity index is 1130. The lowest BCUT2D eigenvalue weighted by molar-refractivity contribution is 0.192. The lowest BCUT2D eigenvalue weighted by Gasteiger charge is -2.41. The van der Waals surface area contributed by atoms with Crippen LogP contribution in [0.15, 0.2) is 54.6 Å². The van der Waals surface area contributed by atoms with Crippen LogP contribution < -0.4 is 15.1 Å². The van der Waals surface area contributed by atoms with Crippen LogP contribution in [0.4, 0.5) is 16.2 Å². The Kier molecular flexibility index (Phi) is 5.70. The highest BCUT2D eigenvalue weighted by Gasteiger charge is 2.25. The van der Waals surface area contributed by atoms with Crippen molar-refractivity contribution < 1.29 is 4.79 Å². The van der Waals surface area contributed by atoms with Gasteiger partial charge in [0, 0.05) is 67.8 Å². The number of pyridine rings is 1. The predicted octanol–water partition coefficient (Wildman–Crippen LogP) is 3.83. The van der Waals surface area contributed by atoms with Crippen LogP contribution in [-0.2, 0) is 6.42 Å². The maximum Gasteiger partial charge on any atom is 0.321 e. The number of carbonyl (C=O) groups excluding carboxylic acids is 1. The molecule has 1 atom stereocenters. The van der Waals surface area contributed by atoms with Gasteiger partial charge in [-0.15, -0.1) is 0 Å². The van der Waals surface area contributed by atoms with Gasteiger partial charge in [0.15, 0.2) is 0 Å². The molecule has 32 heavy (non-hydrogen) atoms. The van der Waals surface area contributed by atoms with E-state index in [-0.39, 0.29) is 6.03 Å². The summed E-state index contributed by atoms with van der Waals surface area (Å²) in [6.07, 6.45) is 0.991. The van der Waals surface area contributed by atoms with Crippen LogP contribution in [0.5, 0.6) is 0 Å². The van der Waals surface area contributed by atoms with Gasteiger partial charge >= 0.3 is 6.03 Å². The molecule has 3 heterocycles. The van der Waals surface area contributed by atoms with Crippen molar-refractivity contribution in [2.24, 2.45) is 0 Å². The zero-order valence-electron chi connectivity index (χ0n) is 18.9. The number of hydrogen-bond acceptors (Lipinski definition) is 4. The summed E-state index contributed by atoms with van der Waals surface area (Å²) >= 11 is 0. The van der Waals surface area contributed by atoms with E-state index in [1.165, 1.54) is 16.6 Å². The molecule has 1 aromatic heterocycles. The van der Waals surface area contributed by atoms with Crippen molar-refractivity contribution in [3.05, 3.63) is 65.9 Å². The summed E-state index contributed by atoms with van der Waals surface area (Å²) in [5.41, 5.74) is 5.70. The fraction of sp³-hybridized carbons (Fsp3) is 0.385. The number of rotatable bonds is 5. The van der Waals surface area contributed by atoms with Crippen LogP contribution in [-0.4, -0.2) is 61.2 Å². The van der Waals surface area contributed by atoms with Gasteiger partial charge in [-0.3, -0.25) is 14.8 Å². The van der Waals surface area contributed by atoms with E-state index in [9.17, 15) is 4.79 Å². The highest BCUT2D eigenvalue weighted by atomic mass is 16.2. The van der Waals surface area contributed by atoms with Gasteiger partial charge in [-0.1, -0.05) is 18.2 Å².